The highest BCUT2D eigenvalue weighted by Gasteiger charge is 2.28. The van der Waals surface area contributed by atoms with Crippen LogP contribution >= 0.6 is 0 Å². The van der Waals surface area contributed by atoms with Crippen LogP contribution in [-0.4, -0.2) is 45.2 Å². The Morgan fingerprint density at radius 3 is 2.89 bits per heavy atom. The van der Waals surface area contributed by atoms with Crippen molar-refractivity contribution in [2.75, 3.05) is 45.2 Å². The lowest BCUT2D eigenvalue weighted by Gasteiger charge is -2.36. The number of nitrogens with two attached hydrogens (primary N) is 1. The fourth-order valence-electron chi connectivity index (χ4n) is 3.71. The molecular formula is C16H25N3. The normalized spacial score (nSPS) is 27.6. The molecule has 2 heterocycles. The molecule has 2 atom stereocenters. The molecule has 3 nitrogen and oxygen atoms in total. The maximum absolute atomic E-state index is 5.99. The molecule has 2 aliphatic heterocycles. The van der Waals surface area contributed by atoms with E-state index in [1.807, 2.05) is 0 Å². The highest BCUT2D eigenvalue weighted by Crippen LogP contribution is 2.36. The molecule has 1 aromatic carbocycles. The van der Waals surface area contributed by atoms with Gasteiger partial charge in [-0.3, -0.25) is 0 Å². The summed E-state index contributed by atoms with van der Waals surface area (Å²) < 4.78 is 0. The topological polar surface area (TPSA) is 32.5 Å². The second kappa shape index (κ2) is 5.14. The first-order valence-electron chi connectivity index (χ1n) is 7.41. The molecule has 0 amide bonds. The minimum atomic E-state index is 0.607. The average molecular weight is 259 g/mol. The molecule has 1 saturated heterocycles. The summed E-state index contributed by atoms with van der Waals surface area (Å²) in [4.78, 5) is 4.77. The molecule has 0 aromatic heterocycles. The second-order valence-electron chi connectivity index (χ2n) is 6.21. The van der Waals surface area contributed by atoms with E-state index in [1.54, 1.807) is 0 Å². The minimum Gasteiger partial charge on any atom is -0.374 e. The number of likely N-dealkylation sites (N-methyl/N-ethyl adjacent to an activating group) is 1. The monoisotopic (exact) mass is 259 g/mol. The van der Waals surface area contributed by atoms with Crippen LogP contribution < -0.4 is 10.6 Å². The van der Waals surface area contributed by atoms with Crippen molar-refractivity contribution in [3.63, 3.8) is 0 Å². The average Bonchev–Trinajstić information content (AvgIpc) is 2.79. The summed E-state index contributed by atoms with van der Waals surface area (Å²) in [5.41, 5.74) is 10.4. The van der Waals surface area contributed by atoms with Gasteiger partial charge in [-0.1, -0.05) is 12.1 Å². The van der Waals surface area contributed by atoms with Gasteiger partial charge in [0.25, 0.3) is 0 Å². The van der Waals surface area contributed by atoms with E-state index in [9.17, 15) is 0 Å². The number of fused-ring (bicyclic) bond motifs is 1. The first kappa shape index (κ1) is 12.9. The molecular weight excluding hydrogens is 234 g/mol. The van der Waals surface area contributed by atoms with Crippen LogP contribution in [-0.2, 0) is 6.42 Å². The van der Waals surface area contributed by atoms with Crippen molar-refractivity contribution in [1.82, 2.24) is 4.90 Å². The Bertz CT molecular complexity index is 457. The molecule has 0 aliphatic carbocycles. The van der Waals surface area contributed by atoms with Crippen LogP contribution in [0.5, 0.6) is 0 Å². The molecule has 2 aliphatic rings. The molecule has 0 spiro atoms. The first-order chi connectivity index (χ1) is 9.19. The van der Waals surface area contributed by atoms with Crippen LogP contribution in [0.3, 0.4) is 0 Å². The highest BCUT2D eigenvalue weighted by atomic mass is 15.1. The predicted molar refractivity (Wildman–Crippen MR) is 80.8 cm³/mol. The van der Waals surface area contributed by atoms with Gasteiger partial charge >= 0.3 is 0 Å². The van der Waals surface area contributed by atoms with Crippen molar-refractivity contribution >= 4 is 5.69 Å². The van der Waals surface area contributed by atoms with Crippen LogP contribution in [0.25, 0.3) is 0 Å². The SMILES string of the molecule is CN1CCC(c2ccc3c(c2)CCN3C)C(CN)C1. The third-order valence-corrected chi connectivity index (χ3v) is 4.90. The van der Waals surface area contributed by atoms with Crippen LogP contribution in [0.2, 0.25) is 0 Å². The fraction of sp³-hybridized carbons (Fsp3) is 0.625. The highest BCUT2D eigenvalue weighted by molar-refractivity contribution is 5.58. The van der Waals surface area contributed by atoms with Gasteiger partial charge in [-0.2, -0.15) is 0 Å². The summed E-state index contributed by atoms with van der Waals surface area (Å²) in [6.07, 6.45) is 2.44. The standard InChI is InChI=1S/C16H25N3/c1-18-7-6-15(14(10-17)11-18)12-3-4-16-13(9-12)5-8-19(16)2/h3-4,9,14-15H,5-8,10-11,17H2,1-2H3. The molecule has 0 saturated carbocycles. The van der Waals surface area contributed by atoms with Gasteiger partial charge in [0.2, 0.25) is 0 Å². The van der Waals surface area contributed by atoms with Gasteiger partial charge in [0, 0.05) is 25.8 Å². The molecule has 19 heavy (non-hydrogen) atoms. The van der Waals surface area contributed by atoms with E-state index < -0.39 is 0 Å². The molecule has 0 radical (unpaired) electrons. The van der Waals surface area contributed by atoms with Gasteiger partial charge in [-0.15, -0.1) is 0 Å². The Kier molecular flexibility index (Phi) is 3.50. The lowest BCUT2D eigenvalue weighted by molar-refractivity contribution is 0.188. The van der Waals surface area contributed by atoms with E-state index in [2.05, 4.69) is 42.1 Å². The predicted octanol–water partition coefficient (Wildman–Crippen LogP) is 1.67. The third-order valence-electron chi connectivity index (χ3n) is 4.90. The van der Waals surface area contributed by atoms with Crippen molar-refractivity contribution in [3.8, 4) is 0 Å². The molecule has 104 valence electrons. The lowest BCUT2D eigenvalue weighted by Crippen LogP contribution is -2.40. The maximum atomic E-state index is 5.99. The van der Waals surface area contributed by atoms with Gasteiger partial charge in [-0.05, 0) is 62.0 Å². The molecule has 1 aromatic rings. The Morgan fingerprint density at radius 2 is 2.11 bits per heavy atom. The molecule has 2 N–H and O–H groups in total. The number of anilines is 1. The minimum absolute atomic E-state index is 0.607. The number of benzene rings is 1. The van der Waals surface area contributed by atoms with E-state index in [-0.39, 0.29) is 0 Å². The first-order valence-corrected chi connectivity index (χ1v) is 7.41. The largest absolute Gasteiger partial charge is 0.374 e. The Hall–Kier alpha value is -1.06. The van der Waals surface area contributed by atoms with Gasteiger partial charge in [-0.25, -0.2) is 0 Å². The maximum Gasteiger partial charge on any atom is 0.0397 e. The molecule has 2 unspecified atom stereocenters. The van der Waals surface area contributed by atoms with Crippen molar-refractivity contribution in [2.45, 2.75) is 18.8 Å². The summed E-state index contributed by atoms with van der Waals surface area (Å²) in [6, 6.07) is 7.08. The van der Waals surface area contributed by atoms with E-state index in [1.165, 1.54) is 36.2 Å². The number of nitrogens with zero attached hydrogens (tertiary/aromatic N) is 2. The van der Waals surface area contributed by atoms with Crippen LogP contribution in [0, 0.1) is 5.92 Å². The molecule has 3 heteroatoms. The molecule has 3 rings (SSSR count). The Balaban J connectivity index is 1.85. The lowest BCUT2D eigenvalue weighted by atomic mass is 9.80. The fourth-order valence-corrected chi connectivity index (χ4v) is 3.71. The smallest absolute Gasteiger partial charge is 0.0397 e. The van der Waals surface area contributed by atoms with Crippen LogP contribution in [0.15, 0.2) is 18.2 Å². The van der Waals surface area contributed by atoms with Crippen LogP contribution in [0.4, 0.5) is 5.69 Å². The number of rotatable bonds is 2. The number of likely N-dealkylation sites (tertiary alicyclic amines) is 1. The summed E-state index contributed by atoms with van der Waals surface area (Å²) in [6.45, 7) is 4.29. The molecule has 0 bridgehead atoms. The second-order valence-corrected chi connectivity index (χ2v) is 6.21. The number of piperidine rings is 1. The van der Waals surface area contributed by atoms with Crippen molar-refractivity contribution in [1.29, 1.82) is 0 Å². The summed E-state index contributed by atoms with van der Waals surface area (Å²) in [5.74, 6) is 1.26. The zero-order valence-corrected chi connectivity index (χ0v) is 12.1. The van der Waals surface area contributed by atoms with Crippen molar-refractivity contribution < 1.29 is 0 Å². The number of hydrogen-bond acceptors (Lipinski definition) is 3. The van der Waals surface area contributed by atoms with E-state index in [0.717, 1.165) is 19.6 Å². The van der Waals surface area contributed by atoms with E-state index >= 15 is 0 Å². The van der Waals surface area contributed by atoms with Crippen LogP contribution in [0.1, 0.15) is 23.5 Å². The van der Waals surface area contributed by atoms with Crippen molar-refractivity contribution in [3.05, 3.63) is 29.3 Å². The zero-order valence-electron chi connectivity index (χ0n) is 12.1. The van der Waals surface area contributed by atoms with Gasteiger partial charge in [0.1, 0.15) is 0 Å². The van der Waals surface area contributed by atoms with Gasteiger partial charge in [0.05, 0.1) is 0 Å². The summed E-state index contributed by atoms with van der Waals surface area (Å²) in [7, 11) is 4.39. The quantitative estimate of drug-likeness (QED) is 0.877. The van der Waals surface area contributed by atoms with E-state index in [0.29, 0.717) is 11.8 Å². The Labute approximate surface area is 116 Å². The number of hydrogen-bond donors (Lipinski definition) is 1. The van der Waals surface area contributed by atoms with E-state index in [4.69, 9.17) is 5.73 Å². The Morgan fingerprint density at radius 1 is 1.26 bits per heavy atom. The van der Waals surface area contributed by atoms with Gasteiger partial charge < -0.3 is 15.5 Å². The third kappa shape index (κ3) is 2.37. The van der Waals surface area contributed by atoms with Crippen molar-refractivity contribution in [2.24, 2.45) is 11.7 Å². The summed E-state index contributed by atoms with van der Waals surface area (Å²) >= 11 is 0. The zero-order chi connectivity index (χ0) is 13.4. The van der Waals surface area contributed by atoms with Gasteiger partial charge in [0.15, 0.2) is 0 Å². The summed E-state index contributed by atoms with van der Waals surface area (Å²) in [5, 5.41) is 0. The molecule has 1 fully saturated rings.